The average molecular weight is 427 g/mol. The van der Waals surface area contributed by atoms with Gasteiger partial charge in [0.2, 0.25) is 0 Å². The summed E-state index contributed by atoms with van der Waals surface area (Å²) in [4.78, 5) is 10.2. The summed E-state index contributed by atoms with van der Waals surface area (Å²) < 4.78 is 29.9. The third-order valence-corrected chi connectivity index (χ3v) is 7.14. The van der Waals surface area contributed by atoms with Gasteiger partial charge in [-0.1, -0.05) is 18.2 Å². The zero-order valence-electron chi connectivity index (χ0n) is 16.2. The molecule has 3 aromatic rings. The lowest BCUT2D eigenvalue weighted by atomic mass is 9.97. The van der Waals surface area contributed by atoms with Gasteiger partial charge >= 0.3 is 0 Å². The monoisotopic (exact) mass is 427 g/mol. The normalized spacial score (nSPS) is 21.2. The van der Waals surface area contributed by atoms with Gasteiger partial charge in [-0.25, -0.2) is 4.98 Å². The van der Waals surface area contributed by atoms with E-state index in [-0.39, 0.29) is 23.6 Å². The highest BCUT2D eigenvalue weighted by atomic mass is 32.2. The number of guanidine groups is 1. The van der Waals surface area contributed by atoms with Gasteiger partial charge in [-0.05, 0) is 18.1 Å². The molecule has 2 aliphatic heterocycles. The third kappa shape index (κ3) is 2.75. The molecule has 2 atom stereocenters. The van der Waals surface area contributed by atoms with Crippen molar-refractivity contribution in [2.75, 3.05) is 10.8 Å². The van der Waals surface area contributed by atoms with E-state index < -0.39 is 16.2 Å². The maximum absolute atomic E-state index is 13.4. The Morgan fingerprint density at radius 2 is 2.07 bits per heavy atom. The second kappa shape index (κ2) is 6.57. The van der Waals surface area contributed by atoms with Crippen LogP contribution in [-0.2, 0) is 23.5 Å². The second-order valence-corrected chi connectivity index (χ2v) is 9.21. The van der Waals surface area contributed by atoms with Gasteiger partial charge in [-0.15, -0.1) is 0 Å². The lowest BCUT2D eigenvalue weighted by molar-refractivity contribution is 0.233. The first-order valence-corrected chi connectivity index (χ1v) is 10.8. The molecule has 5 N–H and O–H groups in total. The van der Waals surface area contributed by atoms with Gasteiger partial charge in [-0.2, -0.15) is 18.5 Å². The molecule has 12 heteroatoms. The fourth-order valence-corrected chi connectivity index (χ4v) is 5.57. The Balaban J connectivity index is 1.57. The predicted octanol–water partition coefficient (Wildman–Crippen LogP) is 0.183. The van der Waals surface area contributed by atoms with E-state index in [2.05, 4.69) is 20.2 Å². The molecule has 0 saturated carbocycles. The Morgan fingerprint density at radius 3 is 2.83 bits per heavy atom. The minimum atomic E-state index is -3.88. The van der Waals surface area contributed by atoms with Gasteiger partial charge in [0.05, 0.1) is 36.4 Å². The fraction of sp³-hybridized carbons (Fsp3) is 0.278. The number of nitrogens with one attached hydrogen (secondary N) is 1. The number of hydrogen-bond acceptors (Lipinski definition) is 8. The van der Waals surface area contributed by atoms with E-state index in [1.54, 1.807) is 28.8 Å². The number of hydrogen-bond donors (Lipinski definition) is 3. The molecular weight excluding hydrogens is 406 g/mol. The van der Waals surface area contributed by atoms with Crippen molar-refractivity contribution < 1.29 is 8.42 Å². The summed E-state index contributed by atoms with van der Waals surface area (Å²) in [5, 5.41) is 6.75. The summed E-state index contributed by atoms with van der Waals surface area (Å²) in [6, 6.07) is 7.09. The van der Waals surface area contributed by atoms with Crippen LogP contribution in [0.2, 0.25) is 0 Å². The van der Waals surface area contributed by atoms with E-state index >= 15 is 0 Å². The maximum atomic E-state index is 13.4. The van der Waals surface area contributed by atoms with E-state index in [1.165, 1.54) is 16.8 Å². The van der Waals surface area contributed by atoms with Crippen molar-refractivity contribution in [1.82, 2.24) is 24.6 Å². The number of rotatable bonds is 3. The van der Waals surface area contributed by atoms with E-state index in [4.69, 9.17) is 11.5 Å². The van der Waals surface area contributed by atoms with Crippen molar-refractivity contribution in [3.8, 4) is 0 Å². The quantitative estimate of drug-likeness (QED) is 0.539. The van der Waals surface area contributed by atoms with Gasteiger partial charge in [0.1, 0.15) is 6.17 Å². The zero-order valence-corrected chi connectivity index (χ0v) is 17.0. The first-order chi connectivity index (χ1) is 14.4. The Bertz CT molecular complexity index is 1250. The molecule has 2 aliphatic rings. The first kappa shape index (κ1) is 18.6. The number of aliphatic imine (C=N–C) groups is 1. The highest BCUT2D eigenvalue weighted by molar-refractivity contribution is 7.92. The molecule has 0 fully saturated rings. The molecule has 1 aromatic carbocycles. The number of aryl methyl sites for hydroxylation is 1. The van der Waals surface area contributed by atoms with Crippen LogP contribution in [-0.4, -0.2) is 51.6 Å². The van der Waals surface area contributed by atoms with Crippen molar-refractivity contribution >= 4 is 27.5 Å². The molecule has 2 unspecified atom stereocenters. The van der Waals surface area contributed by atoms with Crippen LogP contribution in [0.15, 0.2) is 53.0 Å². The van der Waals surface area contributed by atoms with E-state index in [1.807, 2.05) is 18.2 Å². The number of nitrogens with zero attached hydrogens (tertiary/aromatic N) is 6. The summed E-state index contributed by atoms with van der Waals surface area (Å²) in [5.41, 5.74) is 14.9. The maximum Gasteiger partial charge on any atom is 0.283 e. The van der Waals surface area contributed by atoms with E-state index in [9.17, 15) is 8.42 Å². The zero-order chi connectivity index (χ0) is 21.0. The van der Waals surface area contributed by atoms with E-state index in [0.717, 1.165) is 5.56 Å². The number of anilines is 1. The number of para-hydroxylation sites is 1. The number of H-pyrrole nitrogens is 1. The lowest BCUT2D eigenvalue weighted by Crippen LogP contribution is -2.57. The summed E-state index contributed by atoms with van der Waals surface area (Å²) >= 11 is 0. The number of benzene rings is 1. The molecule has 0 amide bonds. The average Bonchev–Trinajstić information content (AvgIpc) is 3.36. The van der Waals surface area contributed by atoms with Crippen LogP contribution < -0.4 is 15.8 Å². The smallest absolute Gasteiger partial charge is 0.283 e. The van der Waals surface area contributed by atoms with E-state index in [0.29, 0.717) is 23.5 Å². The first-order valence-electron chi connectivity index (χ1n) is 9.36. The van der Waals surface area contributed by atoms with Crippen molar-refractivity contribution in [3.05, 3.63) is 54.1 Å². The molecule has 30 heavy (non-hydrogen) atoms. The molecule has 0 radical (unpaired) electrons. The predicted molar refractivity (Wildman–Crippen MR) is 110 cm³/mol. The molecule has 0 saturated heterocycles. The van der Waals surface area contributed by atoms with Gasteiger partial charge in [0, 0.05) is 13.2 Å². The van der Waals surface area contributed by atoms with Crippen LogP contribution in [0.4, 0.5) is 11.5 Å². The Kier molecular flexibility index (Phi) is 4.08. The topological polar surface area (TPSA) is 152 Å². The molecule has 156 valence electrons. The fourth-order valence-electron chi connectivity index (χ4n) is 4.06. The van der Waals surface area contributed by atoms with Crippen LogP contribution in [0.3, 0.4) is 0 Å². The van der Waals surface area contributed by atoms with Crippen LogP contribution in [0.25, 0.3) is 0 Å². The molecular formula is C18H21N9O2S. The third-order valence-electron chi connectivity index (χ3n) is 5.48. The second-order valence-electron chi connectivity index (χ2n) is 7.40. The Labute approximate surface area is 173 Å². The molecule has 0 spiro atoms. The molecule has 0 bridgehead atoms. The van der Waals surface area contributed by atoms with Crippen molar-refractivity contribution in [3.63, 3.8) is 0 Å². The minimum absolute atomic E-state index is 0.0119. The number of nitrogens with two attached hydrogens (primary N) is 2. The molecule has 2 aromatic heterocycles. The summed E-state index contributed by atoms with van der Waals surface area (Å²) in [6.45, 7) is 0.160. The number of aromatic nitrogens is 4. The standard InChI is InChI=1S/C18H21N9O2S/c1-25-9-15(21-10-25)30(28,29)26-8-12(6-11-4-2-3-5-14(11)26)27-16(19)13-7-22-24-17(13)23-18(27)20/h2-5,7,9-10,12,16H,6,8,19H2,1H3,(H3,20,22,23,24). The van der Waals surface area contributed by atoms with Crippen LogP contribution >= 0.6 is 0 Å². The van der Waals surface area contributed by atoms with Crippen molar-refractivity contribution in [2.45, 2.75) is 23.7 Å². The van der Waals surface area contributed by atoms with Gasteiger partial charge in [0.25, 0.3) is 10.0 Å². The Hall–Kier alpha value is -3.38. The van der Waals surface area contributed by atoms with Gasteiger partial charge in [0.15, 0.2) is 16.8 Å². The molecule has 11 nitrogen and oxygen atoms in total. The molecule has 0 aliphatic carbocycles. The number of fused-ring (bicyclic) bond motifs is 2. The Morgan fingerprint density at radius 1 is 1.27 bits per heavy atom. The number of sulfonamides is 1. The van der Waals surface area contributed by atoms with Crippen molar-refractivity contribution in [1.29, 1.82) is 0 Å². The number of aromatic amines is 1. The summed E-state index contributed by atoms with van der Waals surface area (Å²) in [7, 11) is -2.15. The number of imidazole rings is 1. The SMILES string of the molecule is Cn1cnc(S(=O)(=O)N2CC(N3C(N)=Nc4[nH]ncc4C3N)Cc3ccccc32)c1. The van der Waals surface area contributed by atoms with Crippen molar-refractivity contribution in [2.24, 2.45) is 23.5 Å². The summed E-state index contributed by atoms with van der Waals surface area (Å²) in [5.74, 6) is 0.740. The minimum Gasteiger partial charge on any atom is -0.369 e. The molecule has 5 rings (SSSR count). The van der Waals surface area contributed by atoms with Crippen LogP contribution in [0, 0.1) is 0 Å². The van der Waals surface area contributed by atoms with Crippen LogP contribution in [0.5, 0.6) is 0 Å². The highest BCUT2D eigenvalue weighted by Gasteiger charge is 2.40. The van der Waals surface area contributed by atoms with Gasteiger partial charge < -0.3 is 20.9 Å². The largest absolute Gasteiger partial charge is 0.369 e. The highest BCUT2D eigenvalue weighted by Crippen LogP contribution is 2.37. The summed E-state index contributed by atoms with van der Waals surface area (Å²) in [6.07, 6.45) is 4.54. The van der Waals surface area contributed by atoms with Gasteiger partial charge in [-0.3, -0.25) is 9.40 Å². The van der Waals surface area contributed by atoms with Crippen LogP contribution in [0.1, 0.15) is 17.3 Å². The molecule has 4 heterocycles. The lowest BCUT2D eigenvalue weighted by Gasteiger charge is -2.44.